The Kier molecular flexibility index (Phi) is 11.2. The molecule has 0 radical (unpaired) electrons. The lowest BCUT2D eigenvalue weighted by Gasteiger charge is -2.25. The van der Waals surface area contributed by atoms with Crippen LogP contribution in [0.1, 0.15) is 57.8 Å². The molecule has 0 aromatic carbocycles. The molecule has 2 N–H and O–H groups in total. The van der Waals surface area contributed by atoms with Gasteiger partial charge in [-0.3, -0.25) is 19.4 Å². The Labute approximate surface area is 164 Å². The molecule has 1 unspecified atom stereocenters. The number of rotatable bonds is 8. The summed E-state index contributed by atoms with van der Waals surface area (Å²) in [7, 11) is 1.88. The molecule has 0 aromatic rings. The first-order chi connectivity index (χ1) is 12.0. The fourth-order valence-electron chi connectivity index (χ4n) is 4.23. The summed E-state index contributed by atoms with van der Waals surface area (Å²) in [6.45, 7) is 3.16. The Balaban J connectivity index is 0.00000338. The SMILES string of the molecule is CN(CC(=O)O)C1CCCN(CC(=O)NCCC2CCCCC2)CC1.Cl. The van der Waals surface area contributed by atoms with E-state index in [0.717, 1.165) is 51.2 Å². The first-order valence-corrected chi connectivity index (χ1v) is 9.95. The van der Waals surface area contributed by atoms with Gasteiger partial charge in [0.25, 0.3) is 0 Å². The zero-order valence-corrected chi connectivity index (χ0v) is 16.9. The van der Waals surface area contributed by atoms with Crippen LogP contribution in [0.5, 0.6) is 0 Å². The van der Waals surface area contributed by atoms with E-state index in [1.165, 1.54) is 32.1 Å². The van der Waals surface area contributed by atoms with E-state index >= 15 is 0 Å². The Morgan fingerprint density at radius 3 is 2.50 bits per heavy atom. The molecular formula is C19H36ClN3O3. The van der Waals surface area contributed by atoms with E-state index in [2.05, 4.69) is 10.2 Å². The first-order valence-electron chi connectivity index (χ1n) is 9.95. The van der Waals surface area contributed by atoms with Gasteiger partial charge in [-0.15, -0.1) is 12.4 Å². The summed E-state index contributed by atoms with van der Waals surface area (Å²) < 4.78 is 0. The van der Waals surface area contributed by atoms with E-state index in [9.17, 15) is 9.59 Å². The van der Waals surface area contributed by atoms with Gasteiger partial charge >= 0.3 is 5.97 Å². The largest absolute Gasteiger partial charge is 0.480 e. The molecule has 2 rings (SSSR count). The highest BCUT2D eigenvalue weighted by molar-refractivity contribution is 5.85. The average Bonchev–Trinajstić information content (AvgIpc) is 2.81. The molecule has 1 aliphatic carbocycles. The van der Waals surface area contributed by atoms with E-state index in [1.807, 2.05) is 11.9 Å². The third kappa shape index (κ3) is 8.69. The molecule has 1 amide bonds. The van der Waals surface area contributed by atoms with E-state index in [1.54, 1.807) is 0 Å². The maximum atomic E-state index is 12.2. The van der Waals surface area contributed by atoms with Crippen LogP contribution in [0.15, 0.2) is 0 Å². The fourth-order valence-corrected chi connectivity index (χ4v) is 4.23. The smallest absolute Gasteiger partial charge is 0.317 e. The van der Waals surface area contributed by atoms with Gasteiger partial charge in [0.15, 0.2) is 0 Å². The topological polar surface area (TPSA) is 72.9 Å². The van der Waals surface area contributed by atoms with Gasteiger partial charge in [-0.1, -0.05) is 32.1 Å². The fraction of sp³-hybridized carbons (Fsp3) is 0.895. The lowest BCUT2D eigenvalue weighted by Crippen LogP contribution is -2.39. The Bertz CT molecular complexity index is 430. The number of carboxylic acid groups (broad SMARTS) is 1. The quantitative estimate of drug-likeness (QED) is 0.666. The monoisotopic (exact) mass is 389 g/mol. The third-order valence-electron chi connectivity index (χ3n) is 5.76. The zero-order chi connectivity index (χ0) is 18.1. The molecule has 1 saturated carbocycles. The zero-order valence-electron chi connectivity index (χ0n) is 16.1. The van der Waals surface area contributed by atoms with Gasteiger partial charge in [-0.2, -0.15) is 0 Å². The Hall–Kier alpha value is -0.850. The van der Waals surface area contributed by atoms with Crippen molar-refractivity contribution in [2.75, 3.05) is 39.8 Å². The van der Waals surface area contributed by atoms with E-state index < -0.39 is 5.97 Å². The summed E-state index contributed by atoms with van der Waals surface area (Å²) in [5, 5.41) is 12.0. The van der Waals surface area contributed by atoms with Crippen molar-refractivity contribution in [1.29, 1.82) is 0 Å². The number of carbonyl (C=O) groups is 2. The number of carboxylic acids is 1. The van der Waals surface area contributed by atoms with E-state index in [4.69, 9.17) is 5.11 Å². The molecule has 7 heteroatoms. The number of amides is 1. The lowest BCUT2D eigenvalue weighted by molar-refractivity contribution is -0.138. The number of hydrogen-bond donors (Lipinski definition) is 2. The molecule has 1 aliphatic heterocycles. The lowest BCUT2D eigenvalue weighted by atomic mass is 9.87. The van der Waals surface area contributed by atoms with Gasteiger partial charge in [0, 0.05) is 19.1 Å². The van der Waals surface area contributed by atoms with Crippen LogP contribution in [-0.4, -0.2) is 72.6 Å². The number of likely N-dealkylation sites (N-methyl/N-ethyl adjacent to an activating group) is 1. The van der Waals surface area contributed by atoms with Crippen LogP contribution < -0.4 is 5.32 Å². The molecule has 1 saturated heterocycles. The summed E-state index contributed by atoms with van der Waals surface area (Å²) in [6.07, 6.45) is 10.8. The number of nitrogens with one attached hydrogen (secondary N) is 1. The van der Waals surface area contributed by atoms with Crippen molar-refractivity contribution in [1.82, 2.24) is 15.1 Å². The molecule has 1 heterocycles. The standard InChI is InChI=1S/C19H35N3O3.ClH/c1-21(15-19(24)25)17-8-5-12-22(13-10-17)14-18(23)20-11-9-16-6-3-2-4-7-16;/h16-17H,2-15H2,1H3,(H,20,23)(H,24,25);1H. The predicted molar refractivity (Wildman–Crippen MR) is 106 cm³/mol. The maximum absolute atomic E-state index is 12.2. The molecule has 2 aliphatic rings. The van der Waals surface area contributed by atoms with Crippen LogP contribution in [0.3, 0.4) is 0 Å². The van der Waals surface area contributed by atoms with Crippen LogP contribution in [0.2, 0.25) is 0 Å². The summed E-state index contributed by atoms with van der Waals surface area (Å²) in [4.78, 5) is 27.2. The van der Waals surface area contributed by atoms with Gasteiger partial charge in [-0.25, -0.2) is 0 Å². The summed E-state index contributed by atoms with van der Waals surface area (Å²) in [6, 6.07) is 0.301. The number of aliphatic carboxylic acids is 1. The highest BCUT2D eigenvalue weighted by atomic mass is 35.5. The van der Waals surface area contributed by atoms with Gasteiger partial charge < -0.3 is 10.4 Å². The highest BCUT2D eigenvalue weighted by Gasteiger charge is 2.22. The summed E-state index contributed by atoms with van der Waals surface area (Å²) >= 11 is 0. The van der Waals surface area contributed by atoms with Crippen LogP contribution in [-0.2, 0) is 9.59 Å². The van der Waals surface area contributed by atoms with Gasteiger partial charge in [-0.05, 0) is 45.2 Å². The molecule has 1 atom stereocenters. The number of likely N-dealkylation sites (tertiary alicyclic amines) is 1. The Morgan fingerprint density at radius 2 is 1.81 bits per heavy atom. The molecule has 0 bridgehead atoms. The molecular weight excluding hydrogens is 354 g/mol. The first kappa shape index (κ1) is 23.2. The van der Waals surface area contributed by atoms with Gasteiger partial charge in [0.05, 0.1) is 13.1 Å². The van der Waals surface area contributed by atoms with Gasteiger partial charge in [0.1, 0.15) is 0 Å². The van der Waals surface area contributed by atoms with Gasteiger partial charge in [0.2, 0.25) is 5.91 Å². The molecule has 0 spiro atoms. The van der Waals surface area contributed by atoms with Crippen molar-refractivity contribution < 1.29 is 14.7 Å². The number of carbonyl (C=O) groups excluding carboxylic acids is 1. The van der Waals surface area contributed by atoms with Crippen LogP contribution >= 0.6 is 12.4 Å². The van der Waals surface area contributed by atoms with E-state index in [-0.39, 0.29) is 24.9 Å². The minimum Gasteiger partial charge on any atom is -0.480 e. The molecule has 0 aromatic heterocycles. The van der Waals surface area contributed by atoms with Crippen molar-refractivity contribution in [3.05, 3.63) is 0 Å². The minimum atomic E-state index is -0.777. The maximum Gasteiger partial charge on any atom is 0.317 e. The van der Waals surface area contributed by atoms with Crippen molar-refractivity contribution >= 4 is 24.3 Å². The number of halogens is 1. The third-order valence-corrected chi connectivity index (χ3v) is 5.76. The molecule has 152 valence electrons. The summed E-state index contributed by atoms with van der Waals surface area (Å²) in [5.74, 6) is 0.159. The van der Waals surface area contributed by atoms with Crippen LogP contribution in [0.25, 0.3) is 0 Å². The number of hydrogen-bond acceptors (Lipinski definition) is 4. The van der Waals surface area contributed by atoms with Crippen LogP contribution in [0, 0.1) is 5.92 Å². The normalized spacial score (nSPS) is 22.5. The van der Waals surface area contributed by atoms with Crippen molar-refractivity contribution in [2.24, 2.45) is 5.92 Å². The number of nitrogens with zero attached hydrogens (tertiary/aromatic N) is 2. The van der Waals surface area contributed by atoms with Crippen LogP contribution in [0.4, 0.5) is 0 Å². The average molecular weight is 390 g/mol. The van der Waals surface area contributed by atoms with Crippen molar-refractivity contribution in [3.8, 4) is 0 Å². The Morgan fingerprint density at radius 1 is 1.08 bits per heavy atom. The molecule has 2 fully saturated rings. The van der Waals surface area contributed by atoms with Crippen molar-refractivity contribution in [2.45, 2.75) is 63.8 Å². The second kappa shape index (κ2) is 12.5. The highest BCUT2D eigenvalue weighted by Crippen LogP contribution is 2.25. The van der Waals surface area contributed by atoms with E-state index in [0.29, 0.717) is 12.6 Å². The predicted octanol–water partition coefficient (Wildman–Crippen LogP) is 2.37. The molecule has 6 nitrogen and oxygen atoms in total. The second-order valence-electron chi connectivity index (χ2n) is 7.81. The minimum absolute atomic E-state index is 0. The molecule has 26 heavy (non-hydrogen) atoms. The van der Waals surface area contributed by atoms with Crippen molar-refractivity contribution in [3.63, 3.8) is 0 Å². The second-order valence-corrected chi connectivity index (χ2v) is 7.81. The summed E-state index contributed by atoms with van der Waals surface area (Å²) in [5.41, 5.74) is 0.